The molecule has 0 amide bonds. The van der Waals surface area contributed by atoms with Crippen LogP contribution in [0.4, 0.5) is 6.01 Å². The summed E-state index contributed by atoms with van der Waals surface area (Å²) in [6.45, 7) is 4.84. The minimum atomic E-state index is 0.680. The average Bonchev–Trinajstić information content (AvgIpc) is 3.25. The van der Waals surface area contributed by atoms with Gasteiger partial charge in [-0.25, -0.2) is 0 Å². The summed E-state index contributed by atoms with van der Waals surface area (Å²) in [5.74, 6) is 1.55. The molecule has 2 aliphatic carbocycles. The molecule has 0 atom stereocenters. The summed E-state index contributed by atoms with van der Waals surface area (Å²) < 4.78 is 5.68. The Morgan fingerprint density at radius 2 is 2.12 bits per heavy atom. The van der Waals surface area contributed by atoms with Gasteiger partial charge in [0.2, 0.25) is 5.89 Å². The van der Waals surface area contributed by atoms with E-state index in [0.29, 0.717) is 24.5 Å². The molecule has 17 heavy (non-hydrogen) atoms. The summed E-state index contributed by atoms with van der Waals surface area (Å²) in [6, 6.07) is 1.37. The van der Waals surface area contributed by atoms with E-state index in [1.165, 1.54) is 25.7 Å². The Labute approximate surface area is 102 Å². The van der Waals surface area contributed by atoms with Gasteiger partial charge in [-0.1, -0.05) is 5.10 Å². The Bertz CT molecular complexity index is 370. The zero-order valence-electron chi connectivity index (χ0n) is 10.4. The standard InChI is InChI=1S/C12H20N4O/c1-2-16(8-9-3-4-9)12-15-14-11(17-12)7-13-10-5-6-10/h9-10,13H,2-8H2,1H3. The molecular formula is C12H20N4O. The van der Waals surface area contributed by atoms with Gasteiger partial charge in [0.05, 0.1) is 6.54 Å². The summed E-state index contributed by atoms with van der Waals surface area (Å²) in [4.78, 5) is 2.19. The van der Waals surface area contributed by atoms with Crippen molar-refractivity contribution in [2.45, 2.75) is 45.2 Å². The molecule has 0 aromatic carbocycles. The Hall–Kier alpha value is -1.10. The van der Waals surface area contributed by atoms with Crippen LogP contribution in [0.25, 0.3) is 0 Å². The Morgan fingerprint density at radius 1 is 1.29 bits per heavy atom. The Balaban J connectivity index is 1.56. The maximum atomic E-state index is 5.68. The summed E-state index contributed by atoms with van der Waals surface area (Å²) in [6.07, 6.45) is 5.26. The molecule has 0 unspecified atom stereocenters. The van der Waals surface area contributed by atoms with E-state index in [-0.39, 0.29) is 0 Å². The van der Waals surface area contributed by atoms with Crippen LogP contribution in [0.15, 0.2) is 4.42 Å². The number of hydrogen-bond acceptors (Lipinski definition) is 5. The van der Waals surface area contributed by atoms with Gasteiger partial charge in [-0.15, -0.1) is 5.10 Å². The van der Waals surface area contributed by atoms with Gasteiger partial charge in [0.15, 0.2) is 0 Å². The van der Waals surface area contributed by atoms with Crippen molar-refractivity contribution >= 4 is 6.01 Å². The SMILES string of the molecule is CCN(CC1CC1)c1nnc(CNC2CC2)o1. The predicted octanol–water partition coefficient (Wildman–Crippen LogP) is 1.56. The quantitative estimate of drug-likeness (QED) is 0.778. The van der Waals surface area contributed by atoms with Crippen LogP contribution in [0.1, 0.15) is 38.5 Å². The highest BCUT2D eigenvalue weighted by molar-refractivity contribution is 5.24. The number of anilines is 1. The van der Waals surface area contributed by atoms with Gasteiger partial charge >= 0.3 is 6.01 Å². The molecule has 2 aliphatic rings. The van der Waals surface area contributed by atoms with E-state index in [2.05, 4.69) is 27.3 Å². The highest BCUT2D eigenvalue weighted by Crippen LogP contribution is 2.31. The number of rotatable bonds is 7. The molecule has 3 rings (SSSR count). The highest BCUT2D eigenvalue weighted by Gasteiger charge is 2.26. The Morgan fingerprint density at radius 3 is 2.76 bits per heavy atom. The first kappa shape index (κ1) is 11.0. The lowest BCUT2D eigenvalue weighted by molar-refractivity contribution is 0.458. The van der Waals surface area contributed by atoms with Gasteiger partial charge in [-0.2, -0.15) is 0 Å². The van der Waals surface area contributed by atoms with E-state index in [9.17, 15) is 0 Å². The summed E-state index contributed by atoms with van der Waals surface area (Å²) in [5, 5.41) is 11.6. The molecule has 0 aliphatic heterocycles. The largest absolute Gasteiger partial charge is 0.407 e. The summed E-state index contributed by atoms with van der Waals surface area (Å²) >= 11 is 0. The molecule has 2 fully saturated rings. The van der Waals surface area contributed by atoms with Gasteiger partial charge in [0.1, 0.15) is 0 Å². The lowest BCUT2D eigenvalue weighted by Crippen LogP contribution is -2.25. The number of nitrogens with one attached hydrogen (secondary N) is 1. The van der Waals surface area contributed by atoms with Gasteiger partial charge < -0.3 is 14.6 Å². The van der Waals surface area contributed by atoms with Crippen LogP contribution in [0.5, 0.6) is 0 Å². The third kappa shape index (κ3) is 2.97. The first-order valence-electron chi connectivity index (χ1n) is 6.66. The monoisotopic (exact) mass is 236 g/mol. The fraction of sp³-hybridized carbons (Fsp3) is 0.833. The molecular weight excluding hydrogens is 216 g/mol. The van der Waals surface area contributed by atoms with E-state index in [1.54, 1.807) is 0 Å². The Kier molecular flexibility index (Phi) is 3.01. The number of nitrogens with zero attached hydrogens (tertiary/aromatic N) is 3. The fourth-order valence-corrected chi connectivity index (χ4v) is 1.92. The van der Waals surface area contributed by atoms with E-state index in [4.69, 9.17) is 4.42 Å². The maximum Gasteiger partial charge on any atom is 0.318 e. The minimum absolute atomic E-state index is 0.680. The van der Waals surface area contributed by atoms with Crippen LogP contribution >= 0.6 is 0 Å². The van der Waals surface area contributed by atoms with Crippen molar-refractivity contribution in [2.75, 3.05) is 18.0 Å². The molecule has 0 saturated heterocycles. The second-order valence-corrected chi connectivity index (χ2v) is 5.12. The van der Waals surface area contributed by atoms with Crippen LogP contribution in [0.3, 0.4) is 0 Å². The topological polar surface area (TPSA) is 54.2 Å². The smallest absolute Gasteiger partial charge is 0.318 e. The molecule has 1 aromatic heterocycles. The van der Waals surface area contributed by atoms with Crippen molar-refractivity contribution in [2.24, 2.45) is 5.92 Å². The average molecular weight is 236 g/mol. The second-order valence-electron chi connectivity index (χ2n) is 5.12. The molecule has 1 aromatic rings. The zero-order chi connectivity index (χ0) is 11.7. The van der Waals surface area contributed by atoms with Crippen LogP contribution in [0.2, 0.25) is 0 Å². The first-order chi connectivity index (χ1) is 8.35. The van der Waals surface area contributed by atoms with Gasteiger partial charge in [0.25, 0.3) is 0 Å². The van der Waals surface area contributed by atoms with Gasteiger partial charge in [-0.3, -0.25) is 0 Å². The first-order valence-corrected chi connectivity index (χ1v) is 6.66. The van der Waals surface area contributed by atoms with E-state index in [1.807, 2.05) is 0 Å². The van der Waals surface area contributed by atoms with Crippen molar-refractivity contribution in [1.82, 2.24) is 15.5 Å². The van der Waals surface area contributed by atoms with Gasteiger partial charge in [0, 0.05) is 19.1 Å². The summed E-state index contributed by atoms with van der Waals surface area (Å²) in [7, 11) is 0. The molecule has 1 N–H and O–H groups in total. The third-order valence-corrected chi connectivity index (χ3v) is 3.40. The molecule has 2 saturated carbocycles. The third-order valence-electron chi connectivity index (χ3n) is 3.40. The van der Waals surface area contributed by atoms with Crippen LogP contribution < -0.4 is 10.2 Å². The van der Waals surface area contributed by atoms with Crippen LogP contribution in [0, 0.1) is 5.92 Å². The second kappa shape index (κ2) is 4.64. The molecule has 0 radical (unpaired) electrons. The molecule has 5 heteroatoms. The molecule has 0 bridgehead atoms. The van der Waals surface area contributed by atoms with Crippen molar-refractivity contribution in [3.05, 3.63) is 5.89 Å². The van der Waals surface area contributed by atoms with Crippen molar-refractivity contribution in [3.63, 3.8) is 0 Å². The molecule has 5 nitrogen and oxygen atoms in total. The lowest BCUT2D eigenvalue weighted by atomic mass is 10.4. The van der Waals surface area contributed by atoms with Gasteiger partial charge in [-0.05, 0) is 38.5 Å². The van der Waals surface area contributed by atoms with Crippen LogP contribution in [-0.4, -0.2) is 29.3 Å². The normalized spacial score (nSPS) is 19.6. The molecule has 1 heterocycles. The lowest BCUT2D eigenvalue weighted by Gasteiger charge is -2.16. The highest BCUT2D eigenvalue weighted by atomic mass is 16.4. The van der Waals surface area contributed by atoms with Crippen molar-refractivity contribution in [3.8, 4) is 0 Å². The van der Waals surface area contributed by atoms with E-state index in [0.717, 1.165) is 19.0 Å². The maximum absolute atomic E-state index is 5.68. The van der Waals surface area contributed by atoms with Crippen molar-refractivity contribution < 1.29 is 4.42 Å². The number of hydrogen-bond donors (Lipinski definition) is 1. The molecule has 0 spiro atoms. The summed E-state index contributed by atoms with van der Waals surface area (Å²) in [5.41, 5.74) is 0. The fourth-order valence-electron chi connectivity index (χ4n) is 1.92. The number of aromatic nitrogens is 2. The predicted molar refractivity (Wildman–Crippen MR) is 64.8 cm³/mol. The van der Waals surface area contributed by atoms with E-state index >= 15 is 0 Å². The van der Waals surface area contributed by atoms with Crippen LogP contribution in [-0.2, 0) is 6.54 Å². The zero-order valence-corrected chi connectivity index (χ0v) is 10.4. The van der Waals surface area contributed by atoms with Crippen molar-refractivity contribution in [1.29, 1.82) is 0 Å². The molecule has 94 valence electrons. The minimum Gasteiger partial charge on any atom is -0.407 e. The van der Waals surface area contributed by atoms with E-state index < -0.39 is 0 Å².